The fourth-order valence-corrected chi connectivity index (χ4v) is 3.39. The van der Waals surface area contributed by atoms with Crippen molar-refractivity contribution in [1.82, 2.24) is 40.2 Å². The molecule has 1 aliphatic rings. The van der Waals surface area contributed by atoms with E-state index in [4.69, 9.17) is 0 Å². The molecule has 2 aromatic heterocycles. The molecule has 27 heavy (non-hydrogen) atoms. The first-order valence-electron chi connectivity index (χ1n) is 9.73. The Balaban J connectivity index is 1.42. The second-order valence-electron chi connectivity index (χ2n) is 7.67. The monoisotopic (exact) mass is 374 g/mol. The van der Waals surface area contributed by atoms with Gasteiger partial charge in [-0.3, -0.25) is 14.8 Å². The molecule has 9 heteroatoms. The average molecular weight is 374 g/mol. The number of H-pyrrole nitrogens is 1. The normalized spacial score (nSPS) is 16.0. The van der Waals surface area contributed by atoms with Crippen molar-refractivity contribution in [2.75, 3.05) is 20.1 Å². The van der Waals surface area contributed by atoms with E-state index < -0.39 is 0 Å². The van der Waals surface area contributed by atoms with Gasteiger partial charge >= 0.3 is 0 Å². The number of rotatable bonds is 8. The van der Waals surface area contributed by atoms with Crippen LogP contribution in [-0.4, -0.2) is 66.2 Å². The predicted octanol–water partition coefficient (Wildman–Crippen LogP) is 1.38. The van der Waals surface area contributed by atoms with Crippen LogP contribution in [0.4, 0.5) is 0 Å². The number of aryl methyl sites for hydroxylation is 2. The number of nitrogens with zero attached hydrogens (tertiary/aromatic N) is 7. The number of hydrogen-bond donors (Lipinski definition) is 1. The van der Waals surface area contributed by atoms with Gasteiger partial charge in [0.2, 0.25) is 5.91 Å². The molecule has 0 aliphatic carbocycles. The van der Waals surface area contributed by atoms with Gasteiger partial charge < -0.3 is 4.90 Å². The maximum absolute atomic E-state index is 12.3. The number of amides is 1. The van der Waals surface area contributed by atoms with Crippen LogP contribution in [0.2, 0.25) is 0 Å². The molecule has 0 bridgehead atoms. The Bertz CT molecular complexity index is 731. The zero-order chi connectivity index (χ0) is 19.2. The molecule has 148 valence electrons. The summed E-state index contributed by atoms with van der Waals surface area (Å²) >= 11 is 0. The van der Waals surface area contributed by atoms with E-state index >= 15 is 0 Å². The lowest BCUT2D eigenvalue weighted by atomic mass is 9.99. The zero-order valence-electron chi connectivity index (χ0n) is 16.6. The molecule has 1 amide bonds. The van der Waals surface area contributed by atoms with Gasteiger partial charge in [0, 0.05) is 25.7 Å². The fraction of sp³-hybridized carbons (Fsp3) is 0.722. The van der Waals surface area contributed by atoms with E-state index in [1.165, 1.54) is 12.8 Å². The van der Waals surface area contributed by atoms with Crippen LogP contribution >= 0.6 is 0 Å². The molecular weight excluding hydrogens is 344 g/mol. The number of aromatic nitrogens is 6. The van der Waals surface area contributed by atoms with Gasteiger partial charge in [0.15, 0.2) is 5.82 Å². The summed E-state index contributed by atoms with van der Waals surface area (Å²) < 4.78 is 1.84. The van der Waals surface area contributed by atoms with Gasteiger partial charge in [-0.25, -0.2) is 4.68 Å². The number of carbonyl (C=O) groups is 1. The molecule has 0 radical (unpaired) electrons. The lowest BCUT2D eigenvalue weighted by molar-refractivity contribution is -0.130. The van der Waals surface area contributed by atoms with Crippen LogP contribution < -0.4 is 0 Å². The summed E-state index contributed by atoms with van der Waals surface area (Å²) in [7, 11) is 1.81. The quantitative estimate of drug-likeness (QED) is 0.750. The van der Waals surface area contributed by atoms with E-state index in [2.05, 4.69) is 37.5 Å². The van der Waals surface area contributed by atoms with Crippen molar-refractivity contribution in [2.45, 2.75) is 59.2 Å². The van der Waals surface area contributed by atoms with Crippen LogP contribution in [0.3, 0.4) is 0 Å². The summed E-state index contributed by atoms with van der Waals surface area (Å²) in [4.78, 5) is 16.5. The Morgan fingerprint density at radius 1 is 1.37 bits per heavy atom. The molecule has 1 fully saturated rings. The topological polar surface area (TPSA) is 95.8 Å². The Kier molecular flexibility index (Phi) is 6.54. The second kappa shape index (κ2) is 9.07. The number of tetrazole rings is 1. The van der Waals surface area contributed by atoms with Crippen molar-refractivity contribution in [2.24, 2.45) is 5.92 Å². The number of aromatic amines is 1. The van der Waals surface area contributed by atoms with Gasteiger partial charge in [-0.15, -0.1) is 5.10 Å². The van der Waals surface area contributed by atoms with Crippen molar-refractivity contribution in [1.29, 1.82) is 0 Å². The highest BCUT2D eigenvalue weighted by molar-refractivity contribution is 5.75. The van der Waals surface area contributed by atoms with Gasteiger partial charge in [0.05, 0.1) is 18.8 Å². The Labute approximate surface area is 160 Å². The molecule has 1 aliphatic heterocycles. The Morgan fingerprint density at radius 2 is 2.15 bits per heavy atom. The van der Waals surface area contributed by atoms with Crippen LogP contribution in [0.25, 0.3) is 0 Å². The molecule has 1 N–H and O–H groups in total. The van der Waals surface area contributed by atoms with Crippen LogP contribution in [0.1, 0.15) is 49.8 Å². The third-order valence-corrected chi connectivity index (χ3v) is 5.19. The lowest BCUT2D eigenvalue weighted by Gasteiger charge is -2.29. The largest absolute Gasteiger partial charge is 0.340 e. The van der Waals surface area contributed by atoms with Gasteiger partial charge in [-0.05, 0) is 61.7 Å². The summed E-state index contributed by atoms with van der Waals surface area (Å²) in [6, 6.07) is 1.96. The first-order chi connectivity index (χ1) is 13.0. The van der Waals surface area contributed by atoms with Crippen molar-refractivity contribution in [3.05, 3.63) is 23.3 Å². The number of carbonyl (C=O) groups excluding carboxylic acids is 1. The Morgan fingerprint density at radius 3 is 2.85 bits per heavy atom. The van der Waals surface area contributed by atoms with Crippen LogP contribution in [0.5, 0.6) is 0 Å². The average Bonchev–Trinajstić information content (AvgIpc) is 3.25. The highest BCUT2D eigenvalue weighted by Crippen LogP contribution is 2.17. The fourth-order valence-electron chi connectivity index (χ4n) is 3.39. The van der Waals surface area contributed by atoms with Gasteiger partial charge in [0.1, 0.15) is 0 Å². The molecule has 1 saturated heterocycles. The molecule has 0 atom stereocenters. The summed E-state index contributed by atoms with van der Waals surface area (Å²) in [6.07, 6.45) is 3.66. The second-order valence-corrected chi connectivity index (χ2v) is 7.67. The molecule has 0 saturated carbocycles. The van der Waals surface area contributed by atoms with Gasteiger partial charge in [-0.2, -0.15) is 5.10 Å². The molecule has 2 aromatic rings. The van der Waals surface area contributed by atoms with Crippen LogP contribution in [0, 0.1) is 12.8 Å². The molecule has 0 unspecified atom stereocenters. The Hall–Kier alpha value is -2.29. The minimum absolute atomic E-state index is 0.107. The first-order valence-corrected chi connectivity index (χ1v) is 9.73. The summed E-state index contributed by atoms with van der Waals surface area (Å²) in [5.74, 6) is 1.80. The molecule has 9 nitrogen and oxygen atoms in total. The van der Waals surface area contributed by atoms with E-state index in [-0.39, 0.29) is 5.91 Å². The van der Waals surface area contributed by atoms with E-state index in [1.54, 1.807) is 4.90 Å². The predicted molar refractivity (Wildman–Crippen MR) is 101 cm³/mol. The van der Waals surface area contributed by atoms with Crippen LogP contribution in [-0.2, 0) is 24.4 Å². The summed E-state index contributed by atoms with van der Waals surface area (Å²) in [5, 5.41) is 19.2. The molecule has 0 aromatic carbocycles. The standard InChI is InChI=1S/C18H30N8O/c1-14-6-9-25(10-7-14)13-17-21-22-23-26(17)8-4-5-18(27)24(3)12-16-11-15(2)19-20-16/h11,14H,4-10,12-13H2,1-3H3,(H,19,20). The number of likely N-dealkylation sites (tertiary alicyclic amines) is 1. The van der Waals surface area contributed by atoms with Crippen LogP contribution in [0.15, 0.2) is 6.07 Å². The maximum atomic E-state index is 12.3. The van der Waals surface area contributed by atoms with E-state index in [0.29, 0.717) is 19.5 Å². The van der Waals surface area contributed by atoms with Crippen molar-refractivity contribution in [3.8, 4) is 0 Å². The number of hydrogen-bond acceptors (Lipinski definition) is 6. The van der Waals surface area contributed by atoms with Crippen molar-refractivity contribution >= 4 is 5.91 Å². The van der Waals surface area contributed by atoms with E-state index in [0.717, 1.165) is 49.2 Å². The van der Waals surface area contributed by atoms with E-state index in [1.807, 2.05) is 24.7 Å². The SMILES string of the molecule is Cc1cc(CN(C)C(=O)CCCn2nnnc2CN2CCC(C)CC2)n[nH]1. The number of piperidine rings is 1. The summed E-state index contributed by atoms with van der Waals surface area (Å²) in [5.41, 5.74) is 1.88. The smallest absolute Gasteiger partial charge is 0.222 e. The minimum atomic E-state index is 0.107. The highest BCUT2D eigenvalue weighted by atomic mass is 16.2. The highest BCUT2D eigenvalue weighted by Gasteiger charge is 2.18. The zero-order valence-corrected chi connectivity index (χ0v) is 16.6. The van der Waals surface area contributed by atoms with E-state index in [9.17, 15) is 4.79 Å². The maximum Gasteiger partial charge on any atom is 0.222 e. The molecule has 0 spiro atoms. The third-order valence-electron chi connectivity index (χ3n) is 5.19. The van der Waals surface area contributed by atoms with Gasteiger partial charge in [-0.1, -0.05) is 6.92 Å². The first kappa shape index (κ1) is 19.5. The molecular formula is C18H30N8O. The number of nitrogens with one attached hydrogen (secondary N) is 1. The third kappa shape index (κ3) is 5.59. The minimum Gasteiger partial charge on any atom is -0.340 e. The lowest BCUT2D eigenvalue weighted by Crippen LogP contribution is -2.33. The van der Waals surface area contributed by atoms with Crippen molar-refractivity contribution in [3.63, 3.8) is 0 Å². The molecule has 3 rings (SSSR count). The summed E-state index contributed by atoms with van der Waals surface area (Å²) in [6.45, 7) is 8.43. The van der Waals surface area contributed by atoms with Crippen molar-refractivity contribution < 1.29 is 4.79 Å². The molecule has 3 heterocycles. The van der Waals surface area contributed by atoms with Gasteiger partial charge in [0.25, 0.3) is 0 Å².